The van der Waals surface area contributed by atoms with E-state index in [-0.39, 0.29) is 12.4 Å². The number of rotatable bonds is 11. The van der Waals surface area contributed by atoms with Gasteiger partial charge in [0.1, 0.15) is 6.61 Å². The Bertz CT molecular complexity index is 991. The fourth-order valence-corrected chi connectivity index (χ4v) is 3.93. The maximum Gasteiger partial charge on any atom is 0.335 e. The van der Waals surface area contributed by atoms with E-state index >= 15 is 0 Å². The van der Waals surface area contributed by atoms with Crippen LogP contribution in [0.15, 0.2) is 18.2 Å². The van der Waals surface area contributed by atoms with Gasteiger partial charge in [0.25, 0.3) is 5.17 Å². The number of hydrogen-bond donors (Lipinski definition) is 1. The summed E-state index contributed by atoms with van der Waals surface area (Å²) in [4.78, 5) is 38.0. The van der Waals surface area contributed by atoms with Crippen molar-refractivity contribution < 1.29 is 47.5 Å². The first-order valence-electron chi connectivity index (χ1n) is 12.0. The molecule has 1 fully saturated rings. The van der Waals surface area contributed by atoms with E-state index in [2.05, 4.69) is 5.32 Å². The molecule has 5 atom stereocenters. The lowest BCUT2D eigenvalue weighted by Crippen LogP contribution is -2.60. The number of carbonyl (C=O) groups excluding carboxylic acids is 3. The maximum atomic E-state index is 12.4. The van der Waals surface area contributed by atoms with Gasteiger partial charge in [-0.05, 0) is 37.0 Å². The highest BCUT2D eigenvalue weighted by molar-refractivity contribution is 7.80. The maximum absolute atomic E-state index is 12.4. The van der Waals surface area contributed by atoms with Gasteiger partial charge in [0.2, 0.25) is 12.4 Å². The monoisotopic (exact) mass is 556 g/mol. The van der Waals surface area contributed by atoms with Gasteiger partial charge in [-0.15, -0.1) is 0 Å². The summed E-state index contributed by atoms with van der Waals surface area (Å²) in [6.45, 7) is 5.67. The van der Waals surface area contributed by atoms with Crippen molar-refractivity contribution in [1.29, 1.82) is 0 Å². The molecule has 1 saturated heterocycles. The Morgan fingerprint density at radius 1 is 1.08 bits per heavy atom. The Hall–Kier alpha value is -3.16. The average Bonchev–Trinajstić information content (AvgIpc) is 2.88. The van der Waals surface area contributed by atoms with Crippen molar-refractivity contribution in [3.05, 3.63) is 23.8 Å². The van der Waals surface area contributed by atoms with E-state index in [9.17, 15) is 14.4 Å². The molecule has 38 heavy (non-hydrogen) atoms. The average molecular weight is 557 g/mol. The van der Waals surface area contributed by atoms with E-state index in [1.807, 2.05) is 19.0 Å². The lowest BCUT2D eigenvalue weighted by atomic mass is 9.90. The molecule has 0 aromatic heterocycles. The van der Waals surface area contributed by atoms with Gasteiger partial charge in [-0.2, -0.15) is 0 Å². The largest absolute Gasteiger partial charge is 0.493 e. The van der Waals surface area contributed by atoms with E-state index < -0.39 is 48.4 Å². The number of hydrogen-bond acceptors (Lipinski definition) is 12. The lowest BCUT2D eigenvalue weighted by Gasteiger charge is -2.42. The molecule has 1 aliphatic heterocycles. The minimum atomic E-state index is -1.33. The third-order valence-electron chi connectivity index (χ3n) is 5.75. The number of carbonyl (C=O) groups is 3. The molecule has 0 bridgehead atoms. The number of esters is 3. The second-order valence-corrected chi connectivity index (χ2v) is 8.99. The van der Waals surface area contributed by atoms with Crippen LogP contribution in [0, 0.1) is 5.92 Å². The van der Waals surface area contributed by atoms with Crippen LogP contribution in [0.2, 0.25) is 0 Å². The van der Waals surface area contributed by atoms with Crippen LogP contribution < -0.4 is 14.8 Å². The Kier molecular flexibility index (Phi) is 12.0. The van der Waals surface area contributed by atoms with E-state index in [4.69, 9.17) is 45.4 Å². The summed E-state index contributed by atoms with van der Waals surface area (Å²) < 4.78 is 38.8. The number of thiocarbonyl (C=S) groups is 1. The number of ether oxygens (including phenoxy) is 7. The molecule has 1 aromatic rings. The van der Waals surface area contributed by atoms with Crippen molar-refractivity contribution in [3.8, 4) is 11.5 Å². The zero-order chi connectivity index (χ0) is 28.4. The predicted octanol–water partition coefficient (Wildman–Crippen LogP) is 1.42. The van der Waals surface area contributed by atoms with Crippen LogP contribution in [-0.2, 0) is 44.7 Å². The van der Waals surface area contributed by atoms with Gasteiger partial charge in [-0.25, -0.2) is 4.79 Å². The van der Waals surface area contributed by atoms with Crippen molar-refractivity contribution in [2.45, 2.75) is 52.0 Å². The zero-order valence-electron chi connectivity index (χ0n) is 22.7. The third kappa shape index (κ3) is 8.43. The van der Waals surface area contributed by atoms with Crippen molar-refractivity contribution in [1.82, 2.24) is 10.2 Å². The number of likely N-dealkylation sites (N-methyl/N-ethyl adjacent to an activating group) is 2. The third-order valence-corrected chi connectivity index (χ3v) is 6.18. The molecule has 0 amide bonds. The van der Waals surface area contributed by atoms with E-state index in [0.717, 1.165) is 12.1 Å². The second-order valence-electron chi connectivity index (χ2n) is 8.64. The van der Waals surface area contributed by atoms with Crippen LogP contribution in [0.25, 0.3) is 0 Å². The minimum Gasteiger partial charge on any atom is -0.493 e. The summed E-state index contributed by atoms with van der Waals surface area (Å²) in [6, 6.07) is 5.05. The molecule has 0 saturated carbocycles. The van der Waals surface area contributed by atoms with Gasteiger partial charge in [-0.1, -0.05) is 13.0 Å². The summed E-state index contributed by atoms with van der Waals surface area (Å²) in [5.41, 5.74) is 0.749. The quantitative estimate of drug-likeness (QED) is 0.240. The molecule has 1 aliphatic rings. The van der Waals surface area contributed by atoms with E-state index in [0.29, 0.717) is 17.5 Å². The second kappa shape index (κ2) is 14.7. The topological polar surface area (TPSA) is 131 Å². The number of nitrogens with one attached hydrogen (secondary N) is 1. The minimum absolute atomic E-state index is 0.186. The molecule has 12 nitrogen and oxygen atoms in total. The van der Waals surface area contributed by atoms with Gasteiger partial charge >= 0.3 is 17.9 Å². The highest BCUT2D eigenvalue weighted by atomic mass is 32.1. The first-order chi connectivity index (χ1) is 18.0. The van der Waals surface area contributed by atoms with Crippen LogP contribution in [0.3, 0.4) is 0 Å². The Labute approximate surface area is 227 Å². The van der Waals surface area contributed by atoms with Crippen LogP contribution in [0.1, 0.15) is 26.3 Å². The standard InChI is InChI=1S/C25H36N2O10S/c1-14-20(34-15(2)28)22(35-16(3)29)24(37-21(14)23(30)32-7)36-18-9-8-17(12-19(18)31-6)13-33-25(38)27(5)11-10-26-4/h8-9,12,14,20-22,24,26H,10-11,13H2,1-7H3/t14-,20-,21-,22+,24+/m0/s1. The van der Waals surface area contributed by atoms with Crippen LogP contribution in [0.4, 0.5) is 0 Å². The van der Waals surface area contributed by atoms with Gasteiger partial charge in [0.05, 0.1) is 14.2 Å². The van der Waals surface area contributed by atoms with Crippen molar-refractivity contribution >= 4 is 35.3 Å². The fraction of sp³-hybridized carbons (Fsp3) is 0.600. The summed E-state index contributed by atoms with van der Waals surface area (Å²) in [5, 5.41) is 3.39. The fourth-order valence-electron chi connectivity index (χ4n) is 3.78. The van der Waals surface area contributed by atoms with Crippen LogP contribution >= 0.6 is 12.2 Å². The Morgan fingerprint density at radius 2 is 1.74 bits per heavy atom. The SMILES string of the molecule is CNCCN(C)C(=S)OCc1ccc(O[C@@H]2O[C@H](C(=O)OC)[C@@H](C)[C@H](OC(C)=O)[C@H]2OC(C)=O)c(OC)c1. The summed E-state index contributed by atoms with van der Waals surface area (Å²) in [5.74, 6) is -2.12. The van der Waals surface area contributed by atoms with Crippen LogP contribution in [-0.4, -0.2) is 94.0 Å². The van der Waals surface area contributed by atoms with Gasteiger partial charge < -0.3 is 43.4 Å². The predicted molar refractivity (Wildman–Crippen MR) is 139 cm³/mol. The molecule has 1 aromatic carbocycles. The molecular weight excluding hydrogens is 520 g/mol. The normalized spacial score (nSPS) is 22.6. The molecule has 1 heterocycles. The summed E-state index contributed by atoms with van der Waals surface area (Å²) in [6.07, 6.45) is -4.70. The zero-order valence-corrected chi connectivity index (χ0v) is 23.5. The van der Waals surface area contributed by atoms with Gasteiger partial charge in [0, 0.05) is 39.9 Å². The van der Waals surface area contributed by atoms with Crippen molar-refractivity contribution in [3.63, 3.8) is 0 Å². The summed E-state index contributed by atoms with van der Waals surface area (Å²) >= 11 is 5.31. The smallest absolute Gasteiger partial charge is 0.335 e. The molecule has 0 spiro atoms. The molecule has 0 radical (unpaired) electrons. The van der Waals surface area contributed by atoms with Crippen molar-refractivity contribution in [2.24, 2.45) is 5.92 Å². The van der Waals surface area contributed by atoms with Crippen molar-refractivity contribution in [2.75, 3.05) is 41.4 Å². The number of methoxy groups -OCH3 is 2. The Balaban J connectivity index is 2.28. The summed E-state index contributed by atoms with van der Waals surface area (Å²) in [7, 11) is 6.36. The first-order valence-corrected chi connectivity index (χ1v) is 12.4. The highest BCUT2D eigenvalue weighted by Gasteiger charge is 2.52. The molecule has 0 unspecified atom stereocenters. The first kappa shape index (κ1) is 31.1. The molecule has 2 rings (SSSR count). The number of benzene rings is 1. The Morgan fingerprint density at radius 3 is 2.32 bits per heavy atom. The molecule has 1 N–H and O–H groups in total. The lowest BCUT2D eigenvalue weighted by molar-refractivity contribution is -0.266. The van der Waals surface area contributed by atoms with Gasteiger partial charge in [-0.3, -0.25) is 9.59 Å². The molecule has 0 aliphatic carbocycles. The molecule has 13 heteroatoms. The van der Waals surface area contributed by atoms with E-state index in [1.165, 1.54) is 28.1 Å². The number of nitrogens with zero attached hydrogens (tertiary/aromatic N) is 1. The van der Waals surface area contributed by atoms with Gasteiger partial charge in [0.15, 0.2) is 23.7 Å². The van der Waals surface area contributed by atoms with E-state index in [1.54, 1.807) is 25.1 Å². The van der Waals surface area contributed by atoms with Crippen LogP contribution in [0.5, 0.6) is 11.5 Å². The molecular formula is C25H36N2O10S. The molecule has 212 valence electrons. The highest BCUT2D eigenvalue weighted by Crippen LogP contribution is 2.36.